The molecule has 9 amide bonds. The number of primary amides is 1. The van der Waals surface area contributed by atoms with Crippen LogP contribution in [0.25, 0.3) is 0 Å². The number of amides is 9. The van der Waals surface area contributed by atoms with Gasteiger partial charge in [0.2, 0.25) is 53.2 Å². The van der Waals surface area contributed by atoms with Crippen LogP contribution in [0.1, 0.15) is 122 Å². The Bertz CT molecular complexity index is 2500. The smallest absolute Gasteiger partial charge is 0.326 e. The molecule has 0 spiro atoms. The number of carbonyl (C=O) groups is 11. The summed E-state index contributed by atoms with van der Waals surface area (Å²) < 4.78 is 0. The lowest BCUT2D eigenvalue weighted by molar-refractivity contribution is -0.144. The Kier molecular flexibility index (Phi) is 41.6. The number of nitrogens with zero attached hydrogens (tertiary/aromatic N) is 5. The van der Waals surface area contributed by atoms with Crippen LogP contribution in [0.4, 0.5) is 0 Å². The molecule has 38 N–H and O–H groups in total. The van der Waals surface area contributed by atoms with Crippen LogP contribution in [0, 0.1) is 0 Å². The number of nitrogens with two attached hydrogens (primary N) is 14. The summed E-state index contributed by atoms with van der Waals surface area (Å²) in [7, 11) is 0. The van der Waals surface area contributed by atoms with Crippen LogP contribution in [0.3, 0.4) is 0 Å². The minimum Gasteiger partial charge on any atom is -0.481 e. The number of aliphatic imine (C=N–C) groups is 5. The lowest BCUT2D eigenvalue weighted by atomic mass is 10.0. The zero-order valence-corrected chi connectivity index (χ0v) is 51.3. The van der Waals surface area contributed by atoms with Crippen LogP contribution < -0.4 is 123 Å². The van der Waals surface area contributed by atoms with Gasteiger partial charge in [-0.05, 0) is 122 Å². The van der Waals surface area contributed by atoms with E-state index >= 15 is 0 Å². The molecule has 40 heteroatoms. The van der Waals surface area contributed by atoms with Gasteiger partial charge in [-0.2, -0.15) is 0 Å². The number of hydrogen-bond acceptors (Lipinski definition) is 19. The van der Waals surface area contributed by atoms with Crippen LogP contribution in [-0.4, -0.2) is 205 Å². The molecule has 0 aromatic carbocycles. The minimum atomic E-state index is -1.94. The Morgan fingerprint density at radius 1 is 0.308 bits per heavy atom. The molecule has 0 fully saturated rings. The topological polar surface area (TPSA) is 751 Å². The summed E-state index contributed by atoms with van der Waals surface area (Å²) in [6, 6.07) is -13.7. The molecule has 516 valence electrons. The number of rotatable bonds is 50. The first-order valence-corrected chi connectivity index (χ1v) is 29.5. The van der Waals surface area contributed by atoms with Gasteiger partial charge in [-0.3, -0.25) is 72.9 Å². The third-order valence-electron chi connectivity index (χ3n) is 13.1. The van der Waals surface area contributed by atoms with Crippen molar-refractivity contribution in [3.05, 3.63) is 0 Å². The molecule has 0 saturated heterocycles. The number of nitrogens with one attached hydrogen (secondary N) is 8. The van der Waals surface area contributed by atoms with Crippen LogP contribution >= 0.6 is 0 Å². The van der Waals surface area contributed by atoms with Gasteiger partial charge in [0.15, 0.2) is 29.8 Å². The van der Waals surface area contributed by atoms with E-state index in [-0.39, 0.29) is 146 Å². The Balaban J connectivity index is 7.36. The van der Waals surface area contributed by atoms with Gasteiger partial charge < -0.3 is 133 Å². The fourth-order valence-corrected chi connectivity index (χ4v) is 8.38. The lowest BCUT2D eigenvalue weighted by Crippen LogP contribution is -2.60. The molecule has 0 aliphatic carbocycles. The molecule has 0 saturated carbocycles. The number of aliphatic carboxylic acids is 2. The average molecular weight is 1300 g/mol. The highest BCUT2D eigenvalue weighted by molar-refractivity contribution is 5.99. The zero-order chi connectivity index (χ0) is 69.0. The molecule has 0 aliphatic rings. The van der Waals surface area contributed by atoms with Crippen molar-refractivity contribution in [1.82, 2.24) is 42.5 Å². The summed E-state index contributed by atoms with van der Waals surface area (Å²) in [5, 5.41) is 39.4. The van der Waals surface area contributed by atoms with Gasteiger partial charge in [0, 0.05) is 39.1 Å². The van der Waals surface area contributed by atoms with Gasteiger partial charge in [-0.15, -0.1) is 0 Å². The van der Waals surface area contributed by atoms with Crippen LogP contribution in [0.5, 0.6) is 0 Å². The number of unbranched alkanes of at least 4 members (excludes halogenated alkanes) is 2. The molecule has 40 nitrogen and oxygen atoms in total. The lowest BCUT2D eigenvalue weighted by Gasteiger charge is -2.28. The third kappa shape index (κ3) is 39.1. The molecule has 9 atom stereocenters. The van der Waals surface area contributed by atoms with Gasteiger partial charge in [0.05, 0.1) is 12.5 Å². The highest BCUT2D eigenvalue weighted by atomic mass is 16.4. The highest BCUT2D eigenvalue weighted by Crippen LogP contribution is 2.12. The van der Waals surface area contributed by atoms with E-state index < -0.39 is 139 Å². The van der Waals surface area contributed by atoms with E-state index in [9.17, 15) is 63.0 Å². The number of carboxylic acid groups (broad SMARTS) is 2. The fourth-order valence-electron chi connectivity index (χ4n) is 8.38. The molecule has 0 bridgehead atoms. The molecule has 0 radical (unpaired) electrons. The van der Waals surface area contributed by atoms with Crippen molar-refractivity contribution in [1.29, 1.82) is 0 Å². The minimum absolute atomic E-state index is 0.00860. The molecule has 0 heterocycles. The largest absolute Gasteiger partial charge is 0.481 e. The summed E-state index contributed by atoms with van der Waals surface area (Å²) in [4.78, 5) is 168. The predicted octanol–water partition coefficient (Wildman–Crippen LogP) is -10.5. The van der Waals surface area contributed by atoms with Crippen LogP contribution in [0.15, 0.2) is 25.0 Å². The molecular weight excluding hydrogens is 1200 g/mol. The number of guanidine groups is 5. The van der Waals surface area contributed by atoms with Crippen LogP contribution in [-0.2, 0) is 52.7 Å². The summed E-state index contributed by atoms with van der Waals surface area (Å²) in [6.45, 7) is 0.386. The molecule has 91 heavy (non-hydrogen) atoms. The molecule has 0 rings (SSSR count). The standard InChI is InChI=1S/C51H99N27O13/c52-19-3-1-11-28(71-38(82)27(54)10-5-21-66-47(56)57)39(83)72-29(12-2-4-20-53)40(84)73-30(13-6-22-67-48(58)59)41(85)74-31(14-7-23-68-49(60)61)42(86)76-33(17-18-36(55)79)44(88)75-32(15-8-24-69-50(62)63)43(87)78-35(26-37(80)81)45(89)77-34(46(90)91)16-9-25-70-51(64)65/h27-35H,1-26,52-54H2,(H2,55,79)(H,71,82)(H,72,83)(H,73,84)(H,74,85)(H,75,88)(H,76,86)(H,77,89)(H,78,87)(H,80,81)(H,90,91)(H4,56,57,66)(H4,58,59,67)(H4,60,61,68)(H4,62,63,69)(H4,64,65,70)/t27-,28+,29+,30+,31-,32+,33+,34-,35+/m1/s1. The summed E-state index contributed by atoms with van der Waals surface area (Å²) in [6.07, 6.45) is -0.975. The van der Waals surface area contributed by atoms with Crippen molar-refractivity contribution < 1.29 is 63.0 Å². The third-order valence-corrected chi connectivity index (χ3v) is 13.1. The van der Waals surface area contributed by atoms with Gasteiger partial charge >= 0.3 is 11.9 Å². The quantitative estimate of drug-likeness (QED) is 0.0153. The first-order valence-electron chi connectivity index (χ1n) is 29.5. The molecule has 0 unspecified atom stereocenters. The molecule has 0 aliphatic heterocycles. The van der Waals surface area contributed by atoms with Crippen LogP contribution in [0.2, 0.25) is 0 Å². The molecule has 0 aromatic heterocycles. The summed E-state index contributed by atoms with van der Waals surface area (Å²) in [5.74, 6) is -13.4. The maximum absolute atomic E-state index is 14.6. The van der Waals surface area contributed by atoms with Gasteiger partial charge in [0.1, 0.15) is 48.3 Å². The van der Waals surface area contributed by atoms with E-state index in [0.717, 1.165) is 0 Å². The van der Waals surface area contributed by atoms with Crippen molar-refractivity contribution in [2.75, 3.05) is 45.8 Å². The normalized spacial score (nSPS) is 13.7. The van der Waals surface area contributed by atoms with E-state index in [4.69, 9.17) is 80.3 Å². The van der Waals surface area contributed by atoms with Crippen molar-refractivity contribution in [2.24, 2.45) is 105 Å². The number of carboxylic acids is 2. The Morgan fingerprint density at radius 3 is 0.824 bits per heavy atom. The van der Waals surface area contributed by atoms with Crippen molar-refractivity contribution in [3.63, 3.8) is 0 Å². The van der Waals surface area contributed by atoms with Gasteiger partial charge in [0.25, 0.3) is 0 Å². The van der Waals surface area contributed by atoms with E-state index in [1.165, 1.54) is 0 Å². The molecular formula is C51H99N27O13. The zero-order valence-electron chi connectivity index (χ0n) is 51.3. The summed E-state index contributed by atoms with van der Waals surface area (Å²) >= 11 is 0. The second-order valence-electron chi connectivity index (χ2n) is 20.8. The van der Waals surface area contributed by atoms with Gasteiger partial charge in [-0.1, -0.05) is 0 Å². The Morgan fingerprint density at radius 2 is 0.549 bits per heavy atom. The maximum Gasteiger partial charge on any atom is 0.326 e. The van der Waals surface area contributed by atoms with Crippen molar-refractivity contribution in [3.8, 4) is 0 Å². The van der Waals surface area contributed by atoms with Crippen molar-refractivity contribution in [2.45, 2.75) is 176 Å². The average Bonchev–Trinajstić information content (AvgIpc) is 3.29. The second kappa shape index (κ2) is 46.5. The van der Waals surface area contributed by atoms with E-state index in [0.29, 0.717) is 32.1 Å². The molecule has 0 aromatic rings. The second-order valence-corrected chi connectivity index (χ2v) is 20.8. The van der Waals surface area contributed by atoms with Crippen molar-refractivity contribution >= 4 is 94.9 Å². The van der Waals surface area contributed by atoms with E-state index in [2.05, 4.69) is 67.5 Å². The number of hydrogen-bond donors (Lipinski definition) is 24. The Hall–Kier alpha value is -9.60. The van der Waals surface area contributed by atoms with E-state index in [1.54, 1.807) is 0 Å². The van der Waals surface area contributed by atoms with E-state index in [1.807, 2.05) is 0 Å². The fraction of sp³-hybridized carbons (Fsp3) is 0.686. The van der Waals surface area contributed by atoms with Gasteiger partial charge in [-0.25, -0.2) is 4.79 Å². The monoisotopic (exact) mass is 1300 g/mol. The number of carbonyl (C=O) groups excluding carboxylic acids is 9. The SMILES string of the molecule is NCCCC[C@H](NC(=O)[C@H](N)CCCN=C(N)N)C(=O)N[C@@H](CCCCN)C(=O)N[C@@H](CCCN=C(N)N)C(=O)N[C@H](CCCN=C(N)N)C(=O)N[C@@H](CCC(N)=O)C(=O)N[C@@H](CCCN=C(N)N)C(=O)N[C@@H](CC(=O)O)C(=O)N[C@H](CCCN=C(N)N)C(=O)O. The first kappa shape index (κ1) is 81.4. The first-order chi connectivity index (χ1) is 42.9. The summed E-state index contributed by atoms with van der Waals surface area (Å²) in [5.41, 5.74) is 77.6. The highest BCUT2D eigenvalue weighted by Gasteiger charge is 2.36. The maximum atomic E-state index is 14.6. The Labute approximate surface area is 526 Å². The predicted molar refractivity (Wildman–Crippen MR) is 337 cm³/mol.